The highest BCUT2D eigenvalue weighted by Crippen LogP contribution is 2.33. The minimum Gasteiger partial charge on any atom is -0.322 e. The van der Waals surface area contributed by atoms with E-state index in [1.165, 1.54) is 5.56 Å². The summed E-state index contributed by atoms with van der Waals surface area (Å²) in [4.78, 5) is 20.0. The number of likely N-dealkylation sites (tertiary alicyclic amines) is 1. The molecule has 1 N–H and O–H groups in total. The number of aryl methyl sites for hydroxylation is 2. The lowest BCUT2D eigenvalue weighted by atomic mass is 10.0. The first-order chi connectivity index (χ1) is 16.5. The van der Waals surface area contributed by atoms with Crippen molar-refractivity contribution in [2.75, 3.05) is 18.4 Å². The number of fused-ring (bicyclic) bond motifs is 1. The first-order valence-corrected chi connectivity index (χ1v) is 12.0. The summed E-state index contributed by atoms with van der Waals surface area (Å²) in [6, 6.07) is 18.5. The molecule has 0 aliphatic carbocycles. The van der Waals surface area contributed by atoms with E-state index in [0.29, 0.717) is 10.6 Å². The minimum atomic E-state index is -0.273. The predicted octanol–water partition coefficient (Wildman–Crippen LogP) is 5.79. The van der Waals surface area contributed by atoms with E-state index in [2.05, 4.69) is 45.5 Å². The molecule has 0 spiro atoms. The molecule has 1 fully saturated rings. The number of carbonyl (C=O) groups is 1. The Bertz CT molecular complexity index is 1310. The molecule has 0 atom stereocenters. The van der Waals surface area contributed by atoms with E-state index in [9.17, 15) is 4.79 Å². The number of halogens is 1. The number of pyridine rings is 1. The fourth-order valence-electron chi connectivity index (χ4n) is 4.64. The van der Waals surface area contributed by atoms with Gasteiger partial charge in [-0.05, 0) is 44.4 Å². The molecule has 4 aromatic rings. The van der Waals surface area contributed by atoms with Gasteiger partial charge in [0.25, 0.3) is 5.91 Å². The van der Waals surface area contributed by atoms with Crippen LogP contribution in [0.3, 0.4) is 0 Å². The molecular weight excluding hydrogens is 446 g/mol. The van der Waals surface area contributed by atoms with Crippen molar-refractivity contribution in [1.82, 2.24) is 19.7 Å². The fourth-order valence-corrected chi connectivity index (χ4v) is 5.00. The highest BCUT2D eigenvalue weighted by Gasteiger charge is 2.26. The van der Waals surface area contributed by atoms with Gasteiger partial charge in [-0.2, -0.15) is 5.10 Å². The van der Waals surface area contributed by atoms with Gasteiger partial charge in [-0.25, -0.2) is 9.67 Å². The van der Waals surface area contributed by atoms with Gasteiger partial charge in [0.2, 0.25) is 0 Å². The Morgan fingerprint density at radius 1 is 1.06 bits per heavy atom. The van der Waals surface area contributed by atoms with Crippen LogP contribution in [0.15, 0.2) is 60.8 Å². The number of anilines is 1. The van der Waals surface area contributed by atoms with Crippen LogP contribution >= 0.6 is 11.6 Å². The van der Waals surface area contributed by atoms with Crippen molar-refractivity contribution in [3.63, 3.8) is 0 Å². The Balaban J connectivity index is 1.33. The van der Waals surface area contributed by atoms with Gasteiger partial charge in [0.1, 0.15) is 0 Å². The van der Waals surface area contributed by atoms with Crippen molar-refractivity contribution >= 4 is 34.2 Å². The van der Waals surface area contributed by atoms with E-state index in [-0.39, 0.29) is 11.9 Å². The van der Waals surface area contributed by atoms with Gasteiger partial charge in [0.05, 0.1) is 27.7 Å². The van der Waals surface area contributed by atoms with Gasteiger partial charge in [-0.15, -0.1) is 0 Å². The summed E-state index contributed by atoms with van der Waals surface area (Å²) in [6.45, 7) is 6.91. The zero-order valence-electron chi connectivity index (χ0n) is 19.5. The van der Waals surface area contributed by atoms with E-state index in [4.69, 9.17) is 16.7 Å². The van der Waals surface area contributed by atoms with E-state index in [0.717, 1.165) is 60.5 Å². The van der Waals surface area contributed by atoms with E-state index in [1.807, 2.05) is 42.8 Å². The van der Waals surface area contributed by atoms with Crippen LogP contribution in [0, 0.1) is 13.8 Å². The number of aromatic nitrogens is 3. The second-order valence-corrected chi connectivity index (χ2v) is 9.41. The zero-order valence-corrected chi connectivity index (χ0v) is 20.2. The summed E-state index contributed by atoms with van der Waals surface area (Å²) >= 11 is 6.74. The van der Waals surface area contributed by atoms with Gasteiger partial charge in [-0.1, -0.05) is 59.6 Å². The Morgan fingerprint density at radius 3 is 2.47 bits per heavy atom. The van der Waals surface area contributed by atoms with Crippen LogP contribution in [0.2, 0.25) is 5.02 Å². The number of rotatable bonds is 5. The van der Waals surface area contributed by atoms with Crippen LogP contribution in [0.25, 0.3) is 11.0 Å². The number of carbonyl (C=O) groups excluding carboxylic acids is 1. The van der Waals surface area contributed by atoms with E-state index in [1.54, 1.807) is 6.20 Å². The van der Waals surface area contributed by atoms with Crippen LogP contribution in [0.4, 0.5) is 5.69 Å². The summed E-state index contributed by atoms with van der Waals surface area (Å²) in [7, 11) is 0. The number of amides is 1. The lowest BCUT2D eigenvalue weighted by molar-refractivity contribution is 0.102. The van der Waals surface area contributed by atoms with Crippen LogP contribution in [0.1, 0.15) is 46.1 Å². The third-order valence-corrected chi connectivity index (χ3v) is 6.93. The van der Waals surface area contributed by atoms with Gasteiger partial charge in [0, 0.05) is 31.5 Å². The highest BCUT2D eigenvalue weighted by atomic mass is 35.5. The Kier molecular flexibility index (Phi) is 6.35. The van der Waals surface area contributed by atoms with Crippen molar-refractivity contribution in [3.05, 3.63) is 88.2 Å². The lowest BCUT2D eigenvalue weighted by Crippen LogP contribution is -2.34. The number of nitrogens with zero attached hydrogens (tertiary/aromatic N) is 4. The maximum absolute atomic E-state index is 12.9. The number of nitrogens with one attached hydrogen (secondary N) is 1. The zero-order chi connectivity index (χ0) is 23.7. The molecule has 0 bridgehead atoms. The molecule has 0 unspecified atom stereocenters. The summed E-state index contributed by atoms with van der Waals surface area (Å²) < 4.78 is 2.01. The quantitative estimate of drug-likeness (QED) is 0.398. The Morgan fingerprint density at radius 2 is 1.76 bits per heavy atom. The fraction of sp³-hybridized carbons (Fsp3) is 0.296. The number of benzene rings is 2. The normalized spacial score (nSPS) is 15.0. The summed E-state index contributed by atoms with van der Waals surface area (Å²) in [5.74, 6) is -0.273. The lowest BCUT2D eigenvalue weighted by Gasteiger charge is -2.32. The van der Waals surface area contributed by atoms with Crippen molar-refractivity contribution in [2.45, 2.75) is 39.3 Å². The molecule has 1 saturated heterocycles. The Hall–Kier alpha value is -3.22. The van der Waals surface area contributed by atoms with Gasteiger partial charge < -0.3 is 5.32 Å². The predicted molar refractivity (Wildman–Crippen MR) is 136 cm³/mol. The number of hydrogen-bond acceptors (Lipinski definition) is 4. The maximum Gasteiger partial charge on any atom is 0.258 e. The van der Waals surface area contributed by atoms with Gasteiger partial charge in [-0.3, -0.25) is 9.69 Å². The average molecular weight is 474 g/mol. The van der Waals surface area contributed by atoms with Crippen LogP contribution in [-0.2, 0) is 6.54 Å². The van der Waals surface area contributed by atoms with E-state index < -0.39 is 0 Å². The molecule has 1 aliphatic rings. The van der Waals surface area contributed by atoms with Gasteiger partial charge in [0.15, 0.2) is 5.65 Å². The smallest absolute Gasteiger partial charge is 0.258 e. The maximum atomic E-state index is 12.9. The highest BCUT2D eigenvalue weighted by molar-refractivity contribution is 6.39. The van der Waals surface area contributed by atoms with Crippen molar-refractivity contribution in [2.24, 2.45) is 0 Å². The SMILES string of the molecule is Cc1ccc(NC(=O)c2cnc3c(c(C)nn3C3CCN(Cc4ccccc4)CC3)c2Cl)cc1. The first-order valence-electron chi connectivity index (χ1n) is 11.7. The monoisotopic (exact) mass is 473 g/mol. The van der Waals surface area contributed by atoms with Crippen LogP contribution < -0.4 is 5.32 Å². The third-order valence-electron chi connectivity index (χ3n) is 6.54. The van der Waals surface area contributed by atoms with Crippen molar-refractivity contribution in [3.8, 4) is 0 Å². The average Bonchev–Trinajstić information content (AvgIpc) is 3.19. The number of piperidine rings is 1. The topological polar surface area (TPSA) is 63.1 Å². The van der Waals surface area contributed by atoms with E-state index >= 15 is 0 Å². The largest absolute Gasteiger partial charge is 0.322 e. The molecule has 1 aliphatic heterocycles. The molecule has 7 heteroatoms. The van der Waals surface area contributed by atoms with Crippen molar-refractivity contribution in [1.29, 1.82) is 0 Å². The standard InChI is InChI=1S/C27H28ClN5O/c1-18-8-10-21(11-9-18)30-27(34)23-16-29-26-24(25(23)28)19(2)31-33(26)22-12-14-32(15-13-22)17-20-6-4-3-5-7-20/h3-11,16,22H,12-15,17H2,1-2H3,(H,30,34). The minimum absolute atomic E-state index is 0.263. The number of hydrogen-bond donors (Lipinski definition) is 1. The summed E-state index contributed by atoms with van der Waals surface area (Å²) in [5, 5.41) is 8.86. The molecule has 2 aromatic heterocycles. The van der Waals surface area contributed by atoms with Gasteiger partial charge >= 0.3 is 0 Å². The molecule has 5 rings (SSSR count). The molecule has 6 nitrogen and oxygen atoms in total. The molecule has 0 radical (unpaired) electrons. The van der Waals surface area contributed by atoms with Crippen molar-refractivity contribution < 1.29 is 4.79 Å². The molecular formula is C27H28ClN5O. The second-order valence-electron chi connectivity index (χ2n) is 9.03. The van der Waals surface area contributed by atoms with Crippen LogP contribution in [0.5, 0.6) is 0 Å². The molecule has 2 aromatic carbocycles. The third kappa shape index (κ3) is 4.56. The molecule has 3 heterocycles. The summed E-state index contributed by atoms with van der Waals surface area (Å²) in [5.41, 5.74) is 5.09. The summed E-state index contributed by atoms with van der Waals surface area (Å²) in [6.07, 6.45) is 3.56. The molecule has 1 amide bonds. The molecule has 34 heavy (non-hydrogen) atoms. The Labute approximate surface area is 204 Å². The van der Waals surface area contributed by atoms with Crippen LogP contribution in [-0.4, -0.2) is 38.7 Å². The second kappa shape index (κ2) is 9.57. The molecule has 0 saturated carbocycles. The first kappa shape index (κ1) is 22.6. The molecule has 174 valence electrons.